The third-order valence-corrected chi connectivity index (χ3v) is 6.14. The molecule has 0 unspecified atom stereocenters. The molecule has 18 heavy (non-hydrogen) atoms. The van der Waals surface area contributed by atoms with Crippen molar-refractivity contribution in [2.45, 2.75) is 33.6 Å². The Bertz CT molecular complexity index is 411. The molecule has 0 saturated heterocycles. The molecule has 0 bridgehead atoms. The Hall–Kier alpha value is -0.640. The zero-order chi connectivity index (χ0) is 13.9. The van der Waals surface area contributed by atoms with Crippen LogP contribution in [0.25, 0.3) is 0 Å². The molecular weight excluding hydrogens is 248 g/mol. The molecule has 0 amide bonds. The van der Waals surface area contributed by atoms with Crippen molar-refractivity contribution in [3.63, 3.8) is 0 Å². The lowest BCUT2D eigenvalue weighted by molar-refractivity contribution is -0.120. The maximum absolute atomic E-state index is 11.7. The number of Topliss-reactive ketones (excluding diaryl/α,β-unsaturated/α-hetero) is 1. The van der Waals surface area contributed by atoms with Crippen LogP contribution in [-0.2, 0) is 14.6 Å². The fourth-order valence-corrected chi connectivity index (χ4v) is 4.29. The van der Waals surface area contributed by atoms with E-state index < -0.39 is 9.84 Å². The van der Waals surface area contributed by atoms with Crippen LogP contribution in [0.4, 0.5) is 0 Å². The van der Waals surface area contributed by atoms with Crippen molar-refractivity contribution >= 4 is 15.6 Å². The summed E-state index contributed by atoms with van der Waals surface area (Å²) in [6.07, 6.45) is 3.54. The minimum absolute atomic E-state index is 0.0878. The first kappa shape index (κ1) is 15.4. The van der Waals surface area contributed by atoms with Crippen LogP contribution in [0, 0.1) is 23.7 Å². The van der Waals surface area contributed by atoms with Crippen LogP contribution in [0.3, 0.4) is 0 Å². The monoisotopic (exact) mass is 272 g/mol. The molecule has 0 aromatic carbocycles. The van der Waals surface area contributed by atoms with E-state index in [4.69, 9.17) is 0 Å². The van der Waals surface area contributed by atoms with Gasteiger partial charge in [0.05, 0.1) is 5.75 Å². The van der Waals surface area contributed by atoms with Crippen molar-refractivity contribution in [2.75, 3.05) is 11.5 Å². The van der Waals surface area contributed by atoms with Crippen molar-refractivity contribution in [1.82, 2.24) is 0 Å². The average molecular weight is 272 g/mol. The topological polar surface area (TPSA) is 51.2 Å². The van der Waals surface area contributed by atoms with Gasteiger partial charge in [-0.25, -0.2) is 8.42 Å². The molecule has 0 heterocycles. The molecule has 1 saturated carbocycles. The predicted molar refractivity (Wildman–Crippen MR) is 74.1 cm³/mol. The van der Waals surface area contributed by atoms with Crippen LogP contribution in [-0.4, -0.2) is 25.7 Å². The van der Waals surface area contributed by atoms with Gasteiger partial charge >= 0.3 is 0 Å². The van der Waals surface area contributed by atoms with E-state index in [1.54, 1.807) is 13.8 Å². The van der Waals surface area contributed by atoms with Crippen LogP contribution in [0.1, 0.15) is 33.6 Å². The summed E-state index contributed by atoms with van der Waals surface area (Å²) in [4.78, 5) is 11.5. The molecule has 4 atom stereocenters. The van der Waals surface area contributed by atoms with Gasteiger partial charge in [-0.2, -0.15) is 0 Å². The first-order valence-corrected chi connectivity index (χ1v) is 8.46. The molecule has 0 aromatic rings. The fourth-order valence-electron chi connectivity index (χ4n) is 3.00. The number of carbonyl (C=O) groups is 1. The largest absolute Gasteiger partial charge is 0.300 e. The molecule has 1 aliphatic rings. The van der Waals surface area contributed by atoms with Crippen molar-refractivity contribution in [3.8, 4) is 0 Å². The molecule has 1 rings (SSSR count). The molecule has 104 valence electrons. The molecule has 0 radical (unpaired) electrons. The van der Waals surface area contributed by atoms with E-state index in [0.29, 0.717) is 0 Å². The zero-order valence-electron chi connectivity index (χ0n) is 11.6. The molecule has 4 heteroatoms. The first-order valence-electron chi connectivity index (χ1n) is 6.64. The highest BCUT2D eigenvalue weighted by atomic mass is 32.2. The Balaban J connectivity index is 2.75. The maximum atomic E-state index is 11.7. The number of hydrogen-bond acceptors (Lipinski definition) is 3. The summed E-state index contributed by atoms with van der Waals surface area (Å²) in [5, 5.41) is 0. The van der Waals surface area contributed by atoms with Gasteiger partial charge in [-0.3, -0.25) is 4.79 Å². The molecule has 0 aromatic heterocycles. The van der Waals surface area contributed by atoms with E-state index in [2.05, 4.69) is 6.58 Å². The summed E-state index contributed by atoms with van der Waals surface area (Å²) in [5.41, 5.74) is 0. The number of sulfone groups is 1. The van der Waals surface area contributed by atoms with Crippen LogP contribution >= 0.6 is 0 Å². The minimum atomic E-state index is -2.94. The summed E-state index contributed by atoms with van der Waals surface area (Å²) in [6, 6.07) is 0. The van der Waals surface area contributed by atoms with Crippen molar-refractivity contribution < 1.29 is 13.2 Å². The van der Waals surface area contributed by atoms with E-state index in [9.17, 15) is 13.2 Å². The molecular formula is C14H24O3S. The second-order valence-electron chi connectivity index (χ2n) is 5.52. The van der Waals surface area contributed by atoms with E-state index in [1.165, 1.54) is 0 Å². The SMILES string of the molecule is C=C[C@@H]1C[C@H](C(C)=O)C[C@H]1[C@@H](C)CS(=O)(=O)CC. The fraction of sp³-hybridized carbons (Fsp3) is 0.786. The van der Waals surface area contributed by atoms with Crippen LogP contribution in [0.5, 0.6) is 0 Å². The van der Waals surface area contributed by atoms with E-state index in [1.807, 2.05) is 13.0 Å². The molecule has 1 fully saturated rings. The maximum Gasteiger partial charge on any atom is 0.150 e. The van der Waals surface area contributed by atoms with Gasteiger partial charge in [-0.15, -0.1) is 6.58 Å². The van der Waals surface area contributed by atoms with Gasteiger partial charge in [-0.05, 0) is 37.5 Å². The number of rotatable bonds is 6. The highest BCUT2D eigenvalue weighted by molar-refractivity contribution is 7.91. The molecule has 0 N–H and O–H groups in total. The van der Waals surface area contributed by atoms with E-state index in [-0.39, 0.29) is 41.0 Å². The van der Waals surface area contributed by atoms with Crippen LogP contribution < -0.4 is 0 Å². The molecule has 0 aliphatic heterocycles. The van der Waals surface area contributed by atoms with Crippen molar-refractivity contribution in [2.24, 2.45) is 23.7 Å². The van der Waals surface area contributed by atoms with Gasteiger partial charge in [-0.1, -0.05) is 19.9 Å². The zero-order valence-corrected chi connectivity index (χ0v) is 12.4. The first-order chi connectivity index (χ1) is 8.30. The van der Waals surface area contributed by atoms with Gasteiger partial charge < -0.3 is 0 Å². The third kappa shape index (κ3) is 3.67. The summed E-state index contributed by atoms with van der Waals surface area (Å²) >= 11 is 0. The van der Waals surface area contributed by atoms with Crippen LogP contribution in [0.15, 0.2) is 12.7 Å². The lowest BCUT2D eigenvalue weighted by Crippen LogP contribution is -2.24. The Morgan fingerprint density at radius 1 is 1.44 bits per heavy atom. The minimum Gasteiger partial charge on any atom is -0.300 e. The van der Waals surface area contributed by atoms with Gasteiger partial charge in [0.2, 0.25) is 0 Å². The second-order valence-corrected chi connectivity index (χ2v) is 7.92. The lowest BCUT2D eigenvalue weighted by Gasteiger charge is -2.23. The predicted octanol–water partition coefficient (Wildman–Crippen LogP) is 2.47. The van der Waals surface area contributed by atoms with Crippen LogP contribution in [0.2, 0.25) is 0 Å². The second kappa shape index (κ2) is 6.00. The van der Waals surface area contributed by atoms with E-state index in [0.717, 1.165) is 12.8 Å². The third-order valence-electron chi connectivity index (χ3n) is 4.23. The van der Waals surface area contributed by atoms with E-state index >= 15 is 0 Å². The Kier molecular flexibility index (Phi) is 5.14. The highest BCUT2D eigenvalue weighted by Gasteiger charge is 2.38. The molecule has 3 nitrogen and oxygen atoms in total. The van der Waals surface area contributed by atoms with Gasteiger partial charge in [0, 0.05) is 11.7 Å². The van der Waals surface area contributed by atoms with Gasteiger partial charge in [0.25, 0.3) is 0 Å². The number of carbonyl (C=O) groups excluding carboxylic acids is 1. The van der Waals surface area contributed by atoms with Gasteiger partial charge in [0.1, 0.15) is 15.6 Å². The Morgan fingerprint density at radius 2 is 2.06 bits per heavy atom. The quantitative estimate of drug-likeness (QED) is 0.698. The summed E-state index contributed by atoms with van der Waals surface area (Å²) in [7, 11) is -2.94. The Labute approximate surface area is 111 Å². The molecule has 0 spiro atoms. The molecule has 1 aliphatic carbocycles. The summed E-state index contributed by atoms with van der Waals surface area (Å²) in [6.45, 7) is 9.11. The lowest BCUT2D eigenvalue weighted by atomic mass is 9.86. The summed E-state index contributed by atoms with van der Waals surface area (Å²) in [5.74, 6) is 1.38. The standard InChI is InChI=1S/C14H24O3S/c1-5-12-7-13(11(4)15)8-14(12)10(3)9-18(16,17)6-2/h5,10,12-14H,1,6-9H2,2-4H3/t10-,12+,13-,14-/m0/s1. The van der Waals surface area contributed by atoms with Crippen molar-refractivity contribution in [3.05, 3.63) is 12.7 Å². The highest BCUT2D eigenvalue weighted by Crippen LogP contribution is 2.42. The average Bonchev–Trinajstić information content (AvgIpc) is 2.72. The smallest absolute Gasteiger partial charge is 0.150 e. The number of allylic oxidation sites excluding steroid dienone is 1. The summed E-state index contributed by atoms with van der Waals surface area (Å²) < 4.78 is 23.4. The number of hydrogen-bond donors (Lipinski definition) is 0. The van der Waals surface area contributed by atoms with Gasteiger partial charge in [0.15, 0.2) is 0 Å². The number of ketones is 1. The van der Waals surface area contributed by atoms with Crippen molar-refractivity contribution in [1.29, 1.82) is 0 Å². The Morgan fingerprint density at radius 3 is 2.50 bits per heavy atom. The normalized spacial score (nSPS) is 30.1.